The van der Waals surface area contributed by atoms with Crippen LogP contribution in [0.25, 0.3) is 0 Å². The van der Waals surface area contributed by atoms with Crippen molar-refractivity contribution in [2.45, 2.75) is 13.3 Å². The number of ether oxygens (including phenoxy) is 1. The Labute approximate surface area is 134 Å². The molecule has 0 unspecified atom stereocenters. The molecule has 0 radical (unpaired) electrons. The Morgan fingerprint density at radius 1 is 1.17 bits per heavy atom. The summed E-state index contributed by atoms with van der Waals surface area (Å²) in [6, 6.07) is 10.8. The Morgan fingerprint density at radius 2 is 1.96 bits per heavy atom. The molecule has 2 amide bonds. The zero-order chi connectivity index (χ0) is 16.7. The van der Waals surface area contributed by atoms with Crippen LogP contribution in [0.2, 0.25) is 0 Å². The van der Waals surface area contributed by atoms with Crippen molar-refractivity contribution in [1.82, 2.24) is 10.3 Å². The number of amides is 2. The van der Waals surface area contributed by atoms with E-state index in [0.29, 0.717) is 11.4 Å². The van der Waals surface area contributed by atoms with E-state index in [2.05, 4.69) is 15.6 Å². The number of carbonyl (C=O) groups is 2. The first-order valence-corrected chi connectivity index (χ1v) is 7.30. The zero-order valence-electron chi connectivity index (χ0n) is 13.1. The van der Waals surface area contributed by atoms with Gasteiger partial charge in [0.1, 0.15) is 0 Å². The third kappa shape index (κ3) is 4.54. The van der Waals surface area contributed by atoms with Crippen molar-refractivity contribution >= 4 is 17.5 Å². The highest BCUT2D eigenvalue weighted by Gasteiger charge is 2.10. The smallest absolute Gasteiger partial charge is 0.253 e. The van der Waals surface area contributed by atoms with Crippen molar-refractivity contribution in [3.8, 4) is 5.88 Å². The number of nitrogens with zero attached hydrogens (tertiary/aromatic N) is 1. The monoisotopic (exact) mass is 313 g/mol. The first kappa shape index (κ1) is 16.5. The number of benzene rings is 1. The third-order valence-electron chi connectivity index (χ3n) is 3.29. The van der Waals surface area contributed by atoms with Crippen molar-refractivity contribution in [3.05, 3.63) is 53.7 Å². The summed E-state index contributed by atoms with van der Waals surface area (Å²) >= 11 is 0. The predicted octanol–water partition coefficient (Wildman–Crippen LogP) is 2.02. The Balaban J connectivity index is 1.89. The second kappa shape index (κ2) is 7.93. The van der Waals surface area contributed by atoms with E-state index in [-0.39, 0.29) is 18.4 Å². The average Bonchev–Trinajstić information content (AvgIpc) is 2.60. The number of aryl methyl sites for hydroxylation is 1. The van der Waals surface area contributed by atoms with Crippen LogP contribution in [0.15, 0.2) is 42.6 Å². The normalized spacial score (nSPS) is 10.0. The summed E-state index contributed by atoms with van der Waals surface area (Å²) in [5.41, 5.74) is 2.18. The number of hydrogen-bond acceptors (Lipinski definition) is 4. The van der Waals surface area contributed by atoms with Crippen molar-refractivity contribution in [3.63, 3.8) is 0 Å². The number of methoxy groups -OCH3 is 1. The molecule has 0 bridgehead atoms. The summed E-state index contributed by atoms with van der Waals surface area (Å²) in [7, 11) is 1.50. The second-order valence-electron chi connectivity index (χ2n) is 4.83. The molecule has 0 saturated carbocycles. The molecule has 2 rings (SSSR count). The molecule has 1 heterocycles. The first-order chi connectivity index (χ1) is 11.1. The fraction of sp³-hybridized carbons (Fsp3) is 0.235. The minimum absolute atomic E-state index is 0.108. The van der Waals surface area contributed by atoms with Gasteiger partial charge in [0, 0.05) is 18.0 Å². The van der Waals surface area contributed by atoms with Gasteiger partial charge in [0.2, 0.25) is 11.8 Å². The van der Waals surface area contributed by atoms with Gasteiger partial charge in [-0.2, -0.15) is 0 Å². The number of rotatable bonds is 6. The molecule has 6 heteroatoms. The van der Waals surface area contributed by atoms with Crippen LogP contribution in [0, 0.1) is 0 Å². The van der Waals surface area contributed by atoms with Crippen LogP contribution < -0.4 is 15.4 Å². The summed E-state index contributed by atoms with van der Waals surface area (Å²) in [4.78, 5) is 27.9. The highest BCUT2D eigenvalue weighted by Crippen LogP contribution is 2.15. The quantitative estimate of drug-likeness (QED) is 0.855. The van der Waals surface area contributed by atoms with E-state index in [4.69, 9.17) is 4.74 Å². The lowest BCUT2D eigenvalue weighted by Crippen LogP contribution is -2.33. The minimum atomic E-state index is -0.362. The highest BCUT2D eigenvalue weighted by molar-refractivity contribution is 5.99. The molecule has 6 nitrogen and oxygen atoms in total. The van der Waals surface area contributed by atoms with Gasteiger partial charge < -0.3 is 15.4 Å². The first-order valence-electron chi connectivity index (χ1n) is 7.30. The van der Waals surface area contributed by atoms with Gasteiger partial charge >= 0.3 is 0 Å². The Bertz CT molecular complexity index is 684. The third-order valence-corrected chi connectivity index (χ3v) is 3.29. The molecule has 23 heavy (non-hydrogen) atoms. The van der Waals surface area contributed by atoms with E-state index < -0.39 is 0 Å². The van der Waals surface area contributed by atoms with Crippen LogP contribution in [0.3, 0.4) is 0 Å². The molecule has 1 aromatic carbocycles. The average molecular weight is 313 g/mol. The summed E-state index contributed by atoms with van der Waals surface area (Å²) in [5, 5.41) is 5.36. The lowest BCUT2D eigenvalue weighted by atomic mass is 10.1. The lowest BCUT2D eigenvalue weighted by molar-refractivity contribution is -0.115. The number of aromatic nitrogens is 1. The Kier molecular flexibility index (Phi) is 5.68. The summed E-state index contributed by atoms with van der Waals surface area (Å²) in [6.07, 6.45) is 2.22. The van der Waals surface area contributed by atoms with E-state index in [1.807, 2.05) is 31.2 Å². The van der Waals surface area contributed by atoms with Crippen LogP contribution in [-0.2, 0) is 11.2 Å². The largest absolute Gasteiger partial charge is 0.481 e. The van der Waals surface area contributed by atoms with Crippen LogP contribution in [0.4, 0.5) is 5.69 Å². The molecule has 0 atom stereocenters. The van der Waals surface area contributed by atoms with Gasteiger partial charge in [0.25, 0.3) is 5.91 Å². The van der Waals surface area contributed by atoms with Gasteiger partial charge in [-0.15, -0.1) is 0 Å². The second-order valence-corrected chi connectivity index (χ2v) is 4.83. The topological polar surface area (TPSA) is 80.3 Å². The molecule has 0 aliphatic heterocycles. The minimum Gasteiger partial charge on any atom is -0.481 e. The maximum absolute atomic E-state index is 12.0. The maximum atomic E-state index is 12.0. The number of carbonyl (C=O) groups excluding carboxylic acids is 2. The number of para-hydroxylation sites is 1. The lowest BCUT2D eigenvalue weighted by Gasteiger charge is -2.10. The molecule has 2 N–H and O–H groups in total. The molecular weight excluding hydrogens is 294 g/mol. The van der Waals surface area contributed by atoms with Crippen LogP contribution in [0.1, 0.15) is 22.8 Å². The molecule has 0 spiro atoms. The molecule has 0 aliphatic rings. The van der Waals surface area contributed by atoms with Gasteiger partial charge in [-0.3, -0.25) is 9.59 Å². The van der Waals surface area contributed by atoms with E-state index in [0.717, 1.165) is 17.7 Å². The zero-order valence-corrected chi connectivity index (χ0v) is 13.1. The van der Waals surface area contributed by atoms with Gasteiger partial charge in [0.05, 0.1) is 19.2 Å². The van der Waals surface area contributed by atoms with Crippen molar-refractivity contribution in [2.75, 3.05) is 19.0 Å². The number of hydrogen-bond donors (Lipinski definition) is 2. The van der Waals surface area contributed by atoms with E-state index >= 15 is 0 Å². The Hall–Kier alpha value is -2.89. The summed E-state index contributed by atoms with van der Waals surface area (Å²) < 4.78 is 4.93. The Morgan fingerprint density at radius 3 is 2.61 bits per heavy atom. The molecule has 2 aromatic rings. The molecule has 1 aromatic heterocycles. The molecule has 0 fully saturated rings. The molecule has 0 aliphatic carbocycles. The maximum Gasteiger partial charge on any atom is 0.253 e. The van der Waals surface area contributed by atoms with E-state index in [1.54, 1.807) is 12.1 Å². The van der Waals surface area contributed by atoms with Gasteiger partial charge in [0.15, 0.2) is 0 Å². The standard InChI is InChI=1S/C17H19N3O3/c1-3-12-6-4-5-7-14(12)20-15(21)11-19-17(22)13-8-9-16(23-2)18-10-13/h4-10H,3,11H2,1-2H3,(H,19,22)(H,20,21). The van der Waals surface area contributed by atoms with Crippen molar-refractivity contribution < 1.29 is 14.3 Å². The van der Waals surface area contributed by atoms with Crippen LogP contribution >= 0.6 is 0 Å². The predicted molar refractivity (Wildman–Crippen MR) is 87.6 cm³/mol. The van der Waals surface area contributed by atoms with E-state index in [1.165, 1.54) is 13.3 Å². The molecule has 120 valence electrons. The fourth-order valence-electron chi connectivity index (χ4n) is 2.04. The van der Waals surface area contributed by atoms with Gasteiger partial charge in [-0.05, 0) is 24.1 Å². The molecular formula is C17H19N3O3. The van der Waals surface area contributed by atoms with E-state index in [9.17, 15) is 9.59 Å². The number of anilines is 1. The van der Waals surface area contributed by atoms with Crippen LogP contribution in [-0.4, -0.2) is 30.5 Å². The SMILES string of the molecule is CCc1ccccc1NC(=O)CNC(=O)c1ccc(OC)nc1. The molecule has 0 saturated heterocycles. The summed E-state index contributed by atoms with van der Waals surface area (Å²) in [5.74, 6) is -0.213. The van der Waals surface area contributed by atoms with Gasteiger partial charge in [-0.25, -0.2) is 4.98 Å². The van der Waals surface area contributed by atoms with Crippen molar-refractivity contribution in [1.29, 1.82) is 0 Å². The number of nitrogens with one attached hydrogen (secondary N) is 2. The highest BCUT2D eigenvalue weighted by atomic mass is 16.5. The van der Waals surface area contributed by atoms with Crippen LogP contribution in [0.5, 0.6) is 5.88 Å². The summed E-state index contributed by atoms with van der Waals surface area (Å²) in [6.45, 7) is 1.91. The number of pyridine rings is 1. The van der Waals surface area contributed by atoms with Gasteiger partial charge in [-0.1, -0.05) is 25.1 Å². The van der Waals surface area contributed by atoms with Crippen molar-refractivity contribution in [2.24, 2.45) is 0 Å². The fourth-order valence-corrected chi connectivity index (χ4v) is 2.04.